The molecule has 108 valence electrons. The third-order valence-corrected chi connectivity index (χ3v) is 2.96. The van der Waals surface area contributed by atoms with Crippen molar-refractivity contribution in [3.05, 3.63) is 53.3 Å². The van der Waals surface area contributed by atoms with Gasteiger partial charge in [0.05, 0.1) is 24.0 Å². The molecule has 0 fully saturated rings. The minimum atomic E-state index is -0.950. The molecule has 0 aliphatic rings. The van der Waals surface area contributed by atoms with Crippen molar-refractivity contribution in [2.45, 2.75) is 13.3 Å². The van der Waals surface area contributed by atoms with E-state index in [1.54, 1.807) is 30.3 Å². The van der Waals surface area contributed by atoms with Crippen molar-refractivity contribution in [1.82, 2.24) is 4.98 Å². The Hall–Kier alpha value is -2.89. The Kier molecular flexibility index (Phi) is 4.18. The van der Waals surface area contributed by atoms with Gasteiger partial charge in [-0.3, -0.25) is 14.6 Å². The molecule has 0 aliphatic carbocycles. The molecular weight excluding hydrogens is 270 g/mol. The smallest absolute Gasteiger partial charge is 0.309 e. The fourth-order valence-electron chi connectivity index (χ4n) is 1.74. The van der Waals surface area contributed by atoms with E-state index in [2.05, 4.69) is 10.3 Å². The highest BCUT2D eigenvalue weighted by molar-refractivity contribution is 6.04. The molecule has 6 heteroatoms. The van der Waals surface area contributed by atoms with Gasteiger partial charge in [0.1, 0.15) is 0 Å². The number of anilines is 2. The largest absolute Gasteiger partial charge is 0.481 e. The molecule has 0 bridgehead atoms. The highest BCUT2D eigenvalue weighted by atomic mass is 16.4. The number of hydrogen-bond acceptors (Lipinski definition) is 4. The van der Waals surface area contributed by atoms with Gasteiger partial charge in [0.15, 0.2) is 0 Å². The highest BCUT2D eigenvalue weighted by Gasteiger charge is 2.08. The zero-order chi connectivity index (χ0) is 15.4. The van der Waals surface area contributed by atoms with Gasteiger partial charge in [-0.25, -0.2) is 0 Å². The van der Waals surface area contributed by atoms with E-state index < -0.39 is 5.97 Å². The lowest BCUT2D eigenvalue weighted by Crippen LogP contribution is -2.13. The van der Waals surface area contributed by atoms with Crippen LogP contribution >= 0.6 is 0 Å². The lowest BCUT2D eigenvalue weighted by molar-refractivity contribution is -0.136. The number of carboxylic acid groups (broad SMARTS) is 1. The highest BCUT2D eigenvalue weighted by Crippen LogP contribution is 2.15. The van der Waals surface area contributed by atoms with Gasteiger partial charge in [-0.05, 0) is 36.8 Å². The SMILES string of the molecule is Cc1ccc(C(=O)Nc2ccc(CC(=O)O)nc2)cc1N. The summed E-state index contributed by atoms with van der Waals surface area (Å²) in [4.78, 5) is 26.6. The Balaban J connectivity index is 2.08. The van der Waals surface area contributed by atoms with Crippen molar-refractivity contribution in [2.24, 2.45) is 0 Å². The molecule has 2 aromatic rings. The van der Waals surface area contributed by atoms with Crippen molar-refractivity contribution in [2.75, 3.05) is 11.1 Å². The predicted molar refractivity (Wildman–Crippen MR) is 79.1 cm³/mol. The van der Waals surface area contributed by atoms with Crippen molar-refractivity contribution in [3.63, 3.8) is 0 Å². The Morgan fingerprint density at radius 1 is 1.29 bits per heavy atom. The van der Waals surface area contributed by atoms with Crippen molar-refractivity contribution in [1.29, 1.82) is 0 Å². The van der Waals surface area contributed by atoms with Crippen molar-refractivity contribution >= 4 is 23.3 Å². The first-order chi connectivity index (χ1) is 9.95. The Bertz CT molecular complexity index is 681. The third-order valence-electron chi connectivity index (χ3n) is 2.96. The number of nitrogens with two attached hydrogens (primary N) is 1. The zero-order valence-corrected chi connectivity index (χ0v) is 11.5. The number of amides is 1. The summed E-state index contributed by atoms with van der Waals surface area (Å²) in [7, 11) is 0. The number of carbonyl (C=O) groups is 2. The van der Waals surface area contributed by atoms with Crippen LogP contribution in [0.3, 0.4) is 0 Å². The van der Waals surface area contributed by atoms with Crippen LogP contribution in [0.25, 0.3) is 0 Å². The number of rotatable bonds is 4. The van der Waals surface area contributed by atoms with E-state index in [0.717, 1.165) is 5.56 Å². The van der Waals surface area contributed by atoms with Crippen molar-refractivity contribution < 1.29 is 14.7 Å². The molecule has 1 aromatic carbocycles. The van der Waals surface area contributed by atoms with Gasteiger partial charge in [-0.2, -0.15) is 0 Å². The van der Waals surface area contributed by atoms with Crippen LogP contribution in [0.2, 0.25) is 0 Å². The number of carbonyl (C=O) groups excluding carboxylic acids is 1. The van der Waals surface area contributed by atoms with Gasteiger partial charge in [0.2, 0.25) is 0 Å². The van der Waals surface area contributed by atoms with Crippen LogP contribution in [-0.4, -0.2) is 22.0 Å². The molecule has 2 rings (SSSR count). The molecule has 0 saturated heterocycles. The summed E-state index contributed by atoms with van der Waals surface area (Å²) in [6, 6.07) is 8.25. The summed E-state index contributed by atoms with van der Waals surface area (Å²) in [5.74, 6) is -1.25. The molecular formula is C15H15N3O3. The molecule has 21 heavy (non-hydrogen) atoms. The van der Waals surface area contributed by atoms with E-state index in [1.165, 1.54) is 6.20 Å². The van der Waals surface area contributed by atoms with Crippen LogP contribution in [-0.2, 0) is 11.2 Å². The maximum Gasteiger partial charge on any atom is 0.309 e. The molecule has 0 atom stereocenters. The molecule has 0 saturated carbocycles. The van der Waals surface area contributed by atoms with Crippen LogP contribution in [0.4, 0.5) is 11.4 Å². The summed E-state index contributed by atoms with van der Waals surface area (Å²) < 4.78 is 0. The standard InChI is InChI=1S/C15H15N3O3/c1-9-2-3-10(6-13(9)16)15(21)18-12-5-4-11(17-8-12)7-14(19)20/h2-6,8H,7,16H2,1H3,(H,18,21)(H,19,20). The number of nitrogen functional groups attached to an aromatic ring is 1. The normalized spacial score (nSPS) is 10.1. The fraction of sp³-hybridized carbons (Fsp3) is 0.133. The molecule has 1 heterocycles. The van der Waals surface area contributed by atoms with Gasteiger partial charge in [-0.1, -0.05) is 6.07 Å². The molecule has 1 amide bonds. The number of benzene rings is 1. The zero-order valence-electron chi connectivity index (χ0n) is 11.5. The molecule has 0 spiro atoms. The van der Waals surface area contributed by atoms with E-state index >= 15 is 0 Å². The second-order valence-corrected chi connectivity index (χ2v) is 4.63. The number of pyridine rings is 1. The number of carboxylic acids is 1. The van der Waals surface area contributed by atoms with Gasteiger partial charge in [0.25, 0.3) is 5.91 Å². The lowest BCUT2D eigenvalue weighted by Gasteiger charge is -2.07. The van der Waals surface area contributed by atoms with Crippen molar-refractivity contribution in [3.8, 4) is 0 Å². The van der Waals surface area contributed by atoms with Crippen LogP contribution in [0, 0.1) is 6.92 Å². The number of aromatic nitrogens is 1. The first kappa shape index (κ1) is 14.5. The van der Waals surface area contributed by atoms with Crippen LogP contribution in [0.5, 0.6) is 0 Å². The van der Waals surface area contributed by atoms with Gasteiger partial charge in [-0.15, -0.1) is 0 Å². The van der Waals surface area contributed by atoms with Gasteiger partial charge >= 0.3 is 5.97 Å². The second-order valence-electron chi connectivity index (χ2n) is 4.63. The topological polar surface area (TPSA) is 105 Å². The Morgan fingerprint density at radius 2 is 2.05 bits per heavy atom. The van der Waals surface area contributed by atoms with E-state index in [1.807, 2.05) is 6.92 Å². The number of aryl methyl sites for hydroxylation is 1. The van der Waals surface area contributed by atoms with Gasteiger partial charge in [0, 0.05) is 11.3 Å². The van der Waals surface area contributed by atoms with E-state index in [-0.39, 0.29) is 12.3 Å². The number of aliphatic carboxylic acids is 1. The Labute approximate surface area is 121 Å². The predicted octanol–water partition coefficient (Wildman–Crippen LogP) is 1.85. The summed E-state index contributed by atoms with van der Waals surface area (Å²) in [6.45, 7) is 1.86. The van der Waals surface area contributed by atoms with E-state index in [0.29, 0.717) is 22.6 Å². The summed E-state index contributed by atoms with van der Waals surface area (Å²) in [6.07, 6.45) is 1.27. The fourth-order valence-corrected chi connectivity index (χ4v) is 1.74. The summed E-state index contributed by atoms with van der Waals surface area (Å²) in [5, 5.41) is 11.3. The third kappa shape index (κ3) is 3.79. The second kappa shape index (κ2) is 6.04. The number of hydrogen-bond donors (Lipinski definition) is 3. The molecule has 6 nitrogen and oxygen atoms in total. The maximum absolute atomic E-state index is 12.1. The van der Waals surface area contributed by atoms with E-state index in [4.69, 9.17) is 10.8 Å². The quantitative estimate of drug-likeness (QED) is 0.743. The Morgan fingerprint density at radius 3 is 2.62 bits per heavy atom. The number of nitrogens with zero attached hydrogens (tertiary/aromatic N) is 1. The molecule has 0 unspecified atom stereocenters. The average Bonchev–Trinajstić information content (AvgIpc) is 2.43. The maximum atomic E-state index is 12.1. The summed E-state index contributed by atoms with van der Waals surface area (Å²) in [5.41, 5.74) is 8.61. The molecule has 0 radical (unpaired) electrons. The molecule has 1 aromatic heterocycles. The average molecular weight is 285 g/mol. The van der Waals surface area contributed by atoms with Crippen LogP contribution in [0.1, 0.15) is 21.6 Å². The molecule has 0 aliphatic heterocycles. The van der Waals surface area contributed by atoms with Crippen LogP contribution < -0.4 is 11.1 Å². The number of nitrogens with one attached hydrogen (secondary N) is 1. The minimum Gasteiger partial charge on any atom is -0.481 e. The van der Waals surface area contributed by atoms with Gasteiger partial charge < -0.3 is 16.2 Å². The minimum absolute atomic E-state index is 0.150. The molecule has 4 N–H and O–H groups in total. The first-order valence-corrected chi connectivity index (χ1v) is 6.30. The van der Waals surface area contributed by atoms with Crippen LogP contribution in [0.15, 0.2) is 36.5 Å². The van der Waals surface area contributed by atoms with E-state index in [9.17, 15) is 9.59 Å². The lowest BCUT2D eigenvalue weighted by atomic mass is 10.1. The first-order valence-electron chi connectivity index (χ1n) is 6.30. The monoisotopic (exact) mass is 285 g/mol. The summed E-state index contributed by atoms with van der Waals surface area (Å²) >= 11 is 0.